The normalized spacial score (nSPS) is 12.1. The fourth-order valence-corrected chi connectivity index (χ4v) is 2.19. The molecule has 1 aromatic heterocycles. The van der Waals surface area contributed by atoms with Crippen LogP contribution in [0.5, 0.6) is 0 Å². The van der Waals surface area contributed by atoms with Gasteiger partial charge in [-0.2, -0.15) is 13.2 Å². The lowest BCUT2D eigenvalue weighted by Crippen LogP contribution is -2.09. The molecule has 17 heavy (non-hydrogen) atoms. The van der Waals surface area contributed by atoms with Crippen LogP contribution in [0, 0.1) is 0 Å². The molecule has 0 radical (unpaired) electrons. The number of aromatic nitrogens is 1. The highest BCUT2D eigenvalue weighted by Crippen LogP contribution is 2.37. The third-order valence-corrected chi connectivity index (χ3v) is 3.15. The van der Waals surface area contributed by atoms with Crippen LogP contribution in [-0.4, -0.2) is 4.98 Å². The summed E-state index contributed by atoms with van der Waals surface area (Å²) in [6, 6.07) is 3.86. The Balaban J connectivity index is 2.87. The quantitative estimate of drug-likeness (QED) is 0.786. The first-order valence-electron chi connectivity index (χ1n) is 4.42. The second-order valence-electron chi connectivity index (χ2n) is 3.35. The van der Waals surface area contributed by atoms with E-state index in [9.17, 15) is 13.2 Å². The standard InChI is InChI=1S/C10H5BrClF3N2/c11-4-1-2-5(12)9-8(4)6(16)3-7(17-9)10(13,14)15/h1-3H,(H2,16,17). The molecule has 0 fully saturated rings. The van der Waals surface area contributed by atoms with Crippen LogP contribution in [-0.2, 0) is 6.18 Å². The predicted molar refractivity (Wildman–Crippen MR) is 63.9 cm³/mol. The Bertz CT molecular complexity index is 598. The van der Waals surface area contributed by atoms with Crippen molar-refractivity contribution in [3.8, 4) is 0 Å². The van der Waals surface area contributed by atoms with Crippen molar-refractivity contribution in [2.24, 2.45) is 0 Å². The van der Waals surface area contributed by atoms with Crippen molar-refractivity contribution in [2.75, 3.05) is 5.73 Å². The second-order valence-corrected chi connectivity index (χ2v) is 4.61. The number of alkyl halides is 3. The lowest BCUT2D eigenvalue weighted by atomic mass is 10.1. The van der Waals surface area contributed by atoms with Gasteiger partial charge in [0.2, 0.25) is 0 Å². The summed E-state index contributed by atoms with van der Waals surface area (Å²) in [7, 11) is 0. The fourth-order valence-electron chi connectivity index (χ4n) is 1.44. The van der Waals surface area contributed by atoms with Gasteiger partial charge in [-0.15, -0.1) is 0 Å². The molecule has 2 aromatic rings. The van der Waals surface area contributed by atoms with Crippen molar-refractivity contribution in [1.82, 2.24) is 4.98 Å². The van der Waals surface area contributed by atoms with Gasteiger partial charge in [-0.1, -0.05) is 27.5 Å². The topological polar surface area (TPSA) is 38.9 Å². The van der Waals surface area contributed by atoms with Gasteiger partial charge < -0.3 is 5.73 Å². The minimum atomic E-state index is -4.55. The SMILES string of the molecule is Nc1cc(C(F)(F)F)nc2c(Cl)ccc(Br)c12. The van der Waals surface area contributed by atoms with Gasteiger partial charge in [-0.05, 0) is 18.2 Å². The van der Waals surface area contributed by atoms with Crippen molar-refractivity contribution in [1.29, 1.82) is 0 Å². The maximum absolute atomic E-state index is 12.6. The molecular weight excluding hydrogens is 320 g/mol. The van der Waals surface area contributed by atoms with Crippen LogP contribution in [0.3, 0.4) is 0 Å². The zero-order chi connectivity index (χ0) is 12.8. The molecular formula is C10H5BrClF3N2. The monoisotopic (exact) mass is 324 g/mol. The van der Waals surface area contributed by atoms with E-state index in [0.29, 0.717) is 9.86 Å². The number of nitrogen functional groups attached to an aromatic ring is 1. The Hall–Kier alpha value is -1.01. The third-order valence-electron chi connectivity index (χ3n) is 2.18. The fraction of sp³-hybridized carbons (Fsp3) is 0.100. The molecule has 0 saturated carbocycles. The van der Waals surface area contributed by atoms with Crippen LogP contribution in [0.25, 0.3) is 10.9 Å². The van der Waals surface area contributed by atoms with Gasteiger partial charge in [0.1, 0.15) is 5.69 Å². The number of hydrogen-bond donors (Lipinski definition) is 1. The number of rotatable bonds is 0. The van der Waals surface area contributed by atoms with Crippen LogP contribution in [0.1, 0.15) is 5.69 Å². The van der Waals surface area contributed by atoms with Gasteiger partial charge in [0.05, 0.1) is 10.5 Å². The number of pyridine rings is 1. The summed E-state index contributed by atoms with van der Waals surface area (Å²) in [5.41, 5.74) is 4.56. The maximum Gasteiger partial charge on any atom is 0.433 e. The van der Waals surface area contributed by atoms with Crippen molar-refractivity contribution >= 4 is 44.1 Å². The van der Waals surface area contributed by atoms with Crippen molar-refractivity contribution < 1.29 is 13.2 Å². The first-order valence-corrected chi connectivity index (χ1v) is 5.59. The summed E-state index contributed by atoms with van der Waals surface area (Å²) in [5.74, 6) is 0. The summed E-state index contributed by atoms with van der Waals surface area (Å²) in [6.45, 7) is 0. The molecule has 1 aromatic carbocycles. The number of benzene rings is 1. The van der Waals surface area contributed by atoms with E-state index in [2.05, 4.69) is 20.9 Å². The van der Waals surface area contributed by atoms with E-state index >= 15 is 0 Å². The predicted octanol–water partition coefficient (Wildman–Crippen LogP) is 4.25. The summed E-state index contributed by atoms with van der Waals surface area (Å²) in [5, 5.41) is 0.506. The van der Waals surface area contributed by atoms with E-state index < -0.39 is 11.9 Å². The number of nitrogens with zero attached hydrogens (tertiary/aromatic N) is 1. The summed E-state index contributed by atoms with van der Waals surface area (Å²) in [4.78, 5) is 3.50. The zero-order valence-corrected chi connectivity index (χ0v) is 10.5. The van der Waals surface area contributed by atoms with Gasteiger partial charge in [0, 0.05) is 15.5 Å². The van der Waals surface area contributed by atoms with E-state index in [1.807, 2.05) is 0 Å². The highest BCUT2D eigenvalue weighted by Gasteiger charge is 2.33. The van der Waals surface area contributed by atoms with E-state index in [1.54, 1.807) is 6.07 Å². The van der Waals surface area contributed by atoms with Crippen molar-refractivity contribution in [3.05, 3.63) is 33.4 Å². The smallest absolute Gasteiger partial charge is 0.398 e. The first kappa shape index (κ1) is 12.4. The Kier molecular flexibility index (Phi) is 2.95. The molecule has 7 heteroatoms. The minimum Gasteiger partial charge on any atom is -0.398 e. The van der Waals surface area contributed by atoms with E-state index in [0.717, 1.165) is 6.07 Å². The number of hydrogen-bond acceptors (Lipinski definition) is 2. The van der Waals surface area contributed by atoms with Gasteiger partial charge in [0.25, 0.3) is 0 Å². The molecule has 0 unspecified atom stereocenters. The molecule has 0 aliphatic rings. The van der Waals surface area contributed by atoms with Gasteiger partial charge in [-0.3, -0.25) is 0 Å². The van der Waals surface area contributed by atoms with Crippen LogP contribution in [0.4, 0.5) is 18.9 Å². The number of halogens is 5. The molecule has 1 heterocycles. The molecule has 0 bridgehead atoms. The lowest BCUT2D eigenvalue weighted by molar-refractivity contribution is -0.140. The molecule has 0 amide bonds. The first-order chi connectivity index (χ1) is 7.80. The Labute approximate surface area is 108 Å². The van der Waals surface area contributed by atoms with E-state index in [1.165, 1.54) is 6.07 Å². The average Bonchev–Trinajstić information content (AvgIpc) is 2.21. The van der Waals surface area contributed by atoms with Gasteiger partial charge in [0.15, 0.2) is 0 Å². The molecule has 0 aliphatic carbocycles. The average molecular weight is 326 g/mol. The highest BCUT2D eigenvalue weighted by molar-refractivity contribution is 9.10. The second kappa shape index (κ2) is 4.03. The zero-order valence-electron chi connectivity index (χ0n) is 8.15. The van der Waals surface area contributed by atoms with Crippen LogP contribution in [0.15, 0.2) is 22.7 Å². The lowest BCUT2D eigenvalue weighted by Gasteiger charge is -2.11. The number of anilines is 1. The Morgan fingerprint density at radius 3 is 2.53 bits per heavy atom. The summed E-state index contributed by atoms with van der Waals surface area (Å²) in [6.07, 6.45) is -4.55. The van der Waals surface area contributed by atoms with E-state index in [-0.39, 0.29) is 16.2 Å². The molecule has 0 spiro atoms. The number of nitrogens with two attached hydrogens (primary N) is 1. The Morgan fingerprint density at radius 2 is 1.94 bits per heavy atom. The van der Waals surface area contributed by atoms with Crippen molar-refractivity contribution in [2.45, 2.75) is 6.18 Å². The van der Waals surface area contributed by atoms with Gasteiger partial charge >= 0.3 is 6.18 Å². The van der Waals surface area contributed by atoms with Crippen LogP contribution in [0.2, 0.25) is 5.02 Å². The summed E-state index contributed by atoms with van der Waals surface area (Å²) >= 11 is 9.01. The molecule has 90 valence electrons. The van der Waals surface area contributed by atoms with Crippen LogP contribution < -0.4 is 5.73 Å². The van der Waals surface area contributed by atoms with Crippen molar-refractivity contribution in [3.63, 3.8) is 0 Å². The molecule has 2 rings (SSSR count). The Morgan fingerprint density at radius 1 is 1.29 bits per heavy atom. The minimum absolute atomic E-state index is 0.0169. The van der Waals surface area contributed by atoms with Gasteiger partial charge in [-0.25, -0.2) is 4.98 Å². The number of fused-ring (bicyclic) bond motifs is 1. The van der Waals surface area contributed by atoms with Crippen LogP contribution >= 0.6 is 27.5 Å². The molecule has 0 atom stereocenters. The molecule has 0 saturated heterocycles. The third kappa shape index (κ3) is 2.19. The molecule has 0 aliphatic heterocycles. The van der Waals surface area contributed by atoms with E-state index in [4.69, 9.17) is 17.3 Å². The summed E-state index contributed by atoms with van der Waals surface area (Å²) < 4.78 is 38.2. The molecule has 2 N–H and O–H groups in total. The largest absolute Gasteiger partial charge is 0.433 e. The highest BCUT2D eigenvalue weighted by atomic mass is 79.9. The molecule has 2 nitrogen and oxygen atoms in total. The maximum atomic E-state index is 12.6.